The number of hydrogen-bond acceptors (Lipinski definition) is 20. The fourth-order valence-electron chi connectivity index (χ4n) is 25.2. The van der Waals surface area contributed by atoms with E-state index >= 15 is 0 Å². The summed E-state index contributed by atoms with van der Waals surface area (Å²) in [5, 5.41) is 45.8. The number of halogens is 6. The van der Waals surface area contributed by atoms with Crippen LogP contribution in [0.15, 0.2) is 127 Å². The SMILES string of the molecule is C=C1CCC2[C@]3(C)CO[C@@H](C4CCCC4)O[C@@H]3CC[C@@]2(C)[C@@H]1CCBr.C=C1CCC2[C@]3(C)CO[C@@H](C4CCCC4)O[C@@H]3CC[C@@]2(C)[C@@H]1CCOc1cc(F)ccc1C(=O)O.C=C1CCC2[C@]3(C)CO[C@@H](C4CCCC4)O[C@@H]3CC[C@@]2(C)[C@@H]1CCOc1cc(F)ccc1C(=O)OC.COC(=O)c1ccc(F)cc1O.COC(=O)c1ccc(F)cc1O.O=C(O)c1ccc(F)cc1O.[K+].[OH-]. The molecule has 0 radical (unpaired) electrons. The number of carboxylic acid groups (broad SMARTS) is 2. The third-order valence-electron chi connectivity index (χ3n) is 32.0. The Morgan fingerprint density at radius 1 is 0.391 bits per heavy atom. The van der Waals surface area contributed by atoms with E-state index in [2.05, 4.69) is 86.7 Å². The number of fused-ring (bicyclic) bond motifs is 9. The predicted octanol–water partition coefficient (Wildman–Crippen LogP) is 20.1. The van der Waals surface area contributed by atoms with Gasteiger partial charge in [-0.05, 0) is 247 Å². The number of phenolic OH excluding ortho intramolecular Hbond substituents is 2. The molecule has 5 aromatic rings. The number of rotatable bonds is 18. The van der Waals surface area contributed by atoms with Crippen LogP contribution in [0.3, 0.4) is 0 Å². The number of carbonyl (C=O) groups is 5. The summed E-state index contributed by atoms with van der Waals surface area (Å²) in [6, 6.07) is 16.4. The minimum absolute atomic E-state index is 0. The van der Waals surface area contributed by atoms with Gasteiger partial charge in [0.25, 0.3) is 0 Å². The molecule has 3 saturated heterocycles. The Morgan fingerprint density at radius 3 is 0.955 bits per heavy atom. The first-order chi connectivity index (χ1) is 62.4. The summed E-state index contributed by atoms with van der Waals surface area (Å²) in [6.45, 7) is 31.0. The van der Waals surface area contributed by atoms with Gasteiger partial charge in [-0.3, -0.25) is 0 Å². The standard InChI is InChI=1S/C30H41FO5.C29H39FO5.C22H35BrO2.2C8H7FO3.C7H5FO3.K.H2O/c1-19-9-12-25-29(2,15-13-26-30(25,3)18-35-28(36-26)20-7-5-6-8-20)23(19)14-16-34-24-17-21(31)10-11-22(24)27(32)33-4;1-18-8-11-24-28(2,22(18)13-15-33-23-16-20(30)9-10-21(23)26(31)32)14-12-25-29(24,3)17-34-27(35-25)19-6-4-5-7-19;1-15-8-9-18-21(2,17(15)11-13-23)12-10-19-22(18,3)14-24-20(25-19)16-6-4-5-7-16;2*1-12-8(11)6-3-2-5(9)4-7(6)10;8-4-1-2-5(7(10)11)6(9)3-4;;/h10-11,17,20,23,25-26,28H,1,5-9,12-16,18H2,2-4H3;9-10,16,19,22,24-25,27H,1,4-8,11-15,17H2,2-3H3,(H,31,32);16-20H,1,4-14H2,2-3H3;2*2-4,10H,1H3;1-3,9H,(H,10,11);;1H2/q;;;;;;+1;/p-1/t23-,25?,26-,28-,29+,30+;22-,24?,25-,27-,28+,29+;17-,18?,19-,20-,21+,22+;;;;;/m111...../s1. The number of alkyl halides is 1. The minimum Gasteiger partial charge on any atom is -0.870 e. The quantitative estimate of drug-likeness (QED) is 0.0136. The van der Waals surface area contributed by atoms with Crippen molar-refractivity contribution in [3.63, 3.8) is 0 Å². The third-order valence-corrected chi connectivity index (χ3v) is 32.5. The van der Waals surface area contributed by atoms with Crippen molar-refractivity contribution in [3.05, 3.63) is 184 Å². The van der Waals surface area contributed by atoms with Crippen LogP contribution in [0, 0.1) is 115 Å². The zero-order chi connectivity index (χ0) is 94.7. The summed E-state index contributed by atoms with van der Waals surface area (Å²) in [5.41, 5.74) is 4.47. The van der Waals surface area contributed by atoms with Crippen LogP contribution in [0.4, 0.5) is 22.0 Å². The number of carboxylic acids is 2. The first-order valence-corrected chi connectivity index (χ1v) is 47.9. The maximum Gasteiger partial charge on any atom is 1.00 e. The Kier molecular flexibility index (Phi) is 38.4. The molecular formula is C104H135BrF5KO22. The van der Waals surface area contributed by atoms with Gasteiger partial charge in [0.1, 0.15) is 85.7 Å². The van der Waals surface area contributed by atoms with Crippen LogP contribution in [-0.4, -0.2) is 158 Å². The van der Waals surface area contributed by atoms with Crippen LogP contribution < -0.4 is 60.9 Å². The number of benzene rings is 5. The number of phenols is 3. The fourth-order valence-corrected chi connectivity index (χ4v) is 25.7. The molecule has 0 bridgehead atoms. The normalized spacial score (nSPS) is 31.4. The summed E-state index contributed by atoms with van der Waals surface area (Å²) < 4.78 is 129. The Balaban J connectivity index is 0.000000175. The second kappa shape index (κ2) is 47.2. The molecule has 6 N–H and O–H groups in total. The van der Waals surface area contributed by atoms with Crippen molar-refractivity contribution < 1.29 is 180 Å². The molecule has 3 heterocycles. The molecule has 0 amide bonds. The monoisotopic (exact) mass is 1950 g/mol. The molecule has 0 spiro atoms. The van der Waals surface area contributed by atoms with E-state index in [0.717, 1.165) is 156 Å². The number of hydrogen-bond donors (Lipinski definition) is 5. The molecule has 9 saturated carbocycles. The minimum atomic E-state index is -1.28. The van der Waals surface area contributed by atoms with Crippen molar-refractivity contribution in [2.75, 3.05) is 59.7 Å². The maximum atomic E-state index is 13.9. The van der Waals surface area contributed by atoms with Gasteiger partial charge in [-0.15, -0.1) is 0 Å². The van der Waals surface area contributed by atoms with Crippen molar-refractivity contribution in [2.24, 2.45) is 85.8 Å². The van der Waals surface area contributed by atoms with Gasteiger partial charge in [0, 0.05) is 69.7 Å². The van der Waals surface area contributed by atoms with E-state index < -0.39 is 76.2 Å². The van der Waals surface area contributed by atoms with Gasteiger partial charge in [-0.1, -0.05) is 132 Å². The molecule has 12 fully saturated rings. The number of ether oxygens (including phenoxy) is 11. The second-order valence-electron chi connectivity index (χ2n) is 39.7. The fraction of sp³-hybridized carbons (Fsp3) is 0.606. The van der Waals surface area contributed by atoms with Gasteiger partial charge in [0.2, 0.25) is 0 Å². The van der Waals surface area contributed by atoms with Crippen LogP contribution in [0.25, 0.3) is 0 Å². The molecule has 3 unspecified atom stereocenters. The molecule has 9 aliphatic carbocycles. The third kappa shape index (κ3) is 24.4. The molecule has 3 aliphatic heterocycles. The Bertz CT molecular complexity index is 4800. The number of methoxy groups -OCH3 is 3. The van der Waals surface area contributed by atoms with Gasteiger partial charge < -0.3 is 83.1 Å². The summed E-state index contributed by atoms with van der Waals surface area (Å²) >= 11 is 3.69. The molecule has 29 heteroatoms. The molecule has 0 aromatic heterocycles. The predicted molar refractivity (Wildman–Crippen MR) is 488 cm³/mol. The maximum absolute atomic E-state index is 13.9. The number of aromatic hydroxyl groups is 3. The topological polar surface area (TPSA) is 318 Å². The van der Waals surface area contributed by atoms with E-state index in [1.54, 1.807) is 0 Å². The average Bonchev–Trinajstić information content (AvgIpc) is 1.73. The van der Waals surface area contributed by atoms with Gasteiger partial charge in [-0.25, -0.2) is 45.9 Å². The van der Waals surface area contributed by atoms with E-state index in [1.807, 2.05) is 0 Å². The number of allylic oxidation sites excluding steroid dienone is 3. The summed E-state index contributed by atoms with van der Waals surface area (Å²) in [7, 11) is 3.68. The van der Waals surface area contributed by atoms with Crippen molar-refractivity contribution in [1.82, 2.24) is 0 Å². The molecule has 22 nitrogen and oxygen atoms in total. The van der Waals surface area contributed by atoms with Crippen LogP contribution in [0.2, 0.25) is 0 Å². The smallest absolute Gasteiger partial charge is 0.870 e. The zero-order valence-corrected chi connectivity index (χ0v) is 83.5. The van der Waals surface area contributed by atoms with Crippen LogP contribution in [-0.2, 0) is 42.6 Å². The second-order valence-corrected chi connectivity index (χ2v) is 40.5. The van der Waals surface area contributed by atoms with E-state index in [9.17, 15) is 51.0 Å². The molecule has 17 rings (SSSR count). The van der Waals surface area contributed by atoms with Gasteiger partial charge in [-0.2, -0.15) is 0 Å². The molecule has 18 atom stereocenters. The first kappa shape index (κ1) is 108. The average molecular weight is 1950 g/mol. The first-order valence-electron chi connectivity index (χ1n) is 46.8. The number of aromatic carboxylic acids is 2. The number of esters is 3. The summed E-state index contributed by atoms with van der Waals surface area (Å²) in [6.07, 6.45) is 32.2. The Morgan fingerprint density at radius 2 is 0.662 bits per heavy atom. The molecular weight excluding hydrogens is 1820 g/mol. The van der Waals surface area contributed by atoms with E-state index in [-0.39, 0.29) is 166 Å². The van der Waals surface area contributed by atoms with E-state index in [4.69, 9.17) is 63.1 Å². The van der Waals surface area contributed by atoms with Gasteiger partial charge in [0.05, 0.1) is 72.7 Å². The molecule has 133 heavy (non-hydrogen) atoms. The Labute approximate surface area is 830 Å². The van der Waals surface area contributed by atoms with Gasteiger partial charge >= 0.3 is 81.2 Å². The van der Waals surface area contributed by atoms with Crippen LogP contribution in [0.5, 0.6) is 28.7 Å². The van der Waals surface area contributed by atoms with Crippen molar-refractivity contribution >= 4 is 45.8 Å². The zero-order valence-electron chi connectivity index (χ0n) is 78.8. The molecule has 12 aliphatic rings. The summed E-state index contributed by atoms with van der Waals surface area (Å²) in [4.78, 5) is 55.6. The number of carbonyl (C=O) groups excluding carboxylic acids is 3. The largest absolute Gasteiger partial charge is 1.00 e. The van der Waals surface area contributed by atoms with Crippen molar-refractivity contribution in [2.45, 2.75) is 252 Å². The van der Waals surface area contributed by atoms with Gasteiger partial charge in [0.15, 0.2) is 18.9 Å². The van der Waals surface area contributed by atoms with Crippen molar-refractivity contribution in [3.8, 4) is 28.7 Å². The van der Waals surface area contributed by atoms with Crippen LogP contribution >= 0.6 is 15.9 Å². The molecule has 5 aromatic carbocycles. The van der Waals surface area contributed by atoms with Crippen LogP contribution in [0.1, 0.15) is 267 Å². The molecule has 726 valence electrons. The summed E-state index contributed by atoms with van der Waals surface area (Å²) in [5.74, 6) is -3.60. The van der Waals surface area contributed by atoms with E-state index in [0.29, 0.717) is 66.2 Å². The van der Waals surface area contributed by atoms with Crippen molar-refractivity contribution in [1.29, 1.82) is 0 Å². The Hall–Kier alpha value is -6.84. The van der Waals surface area contributed by atoms with E-state index in [1.165, 1.54) is 171 Å².